The molecule has 0 saturated carbocycles. The first-order chi connectivity index (χ1) is 13.8. The van der Waals surface area contributed by atoms with E-state index >= 15 is 0 Å². The minimum atomic E-state index is -1.08. The van der Waals surface area contributed by atoms with Gasteiger partial charge in [-0.25, -0.2) is 4.79 Å². The predicted molar refractivity (Wildman–Crippen MR) is 109 cm³/mol. The molecule has 3 saturated heterocycles. The van der Waals surface area contributed by atoms with E-state index in [0.717, 1.165) is 43.8 Å². The Labute approximate surface area is 175 Å². The summed E-state index contributed by atoms with van der Waals surface area (Å²) in [5, 5.41) is 33.3. The van der Waals surface area contributed by atoms with Crippen molar-refractivity contribution in [2.45, 2.75) is 62.6 Å². The van der Waals surface area contributed by atoms with Crippen LogP contribution in [0.5, 0.6) is 0 Å². The largest absolute Gasteiger partial charge is 0.477 e. The Balaban J connectivity index is 1.52. The van der Waals surface area contributed by atoms with Crippen molar-refractivity contribution in [3.8, 4) is 0 Å². The van der Waals surface area contributed by atoms with E-state index < -0.39 is 18.0 Å². The van der Waals surface area contributed by atoms with Crippen molar-refractivity contribution in [3.63, 3.8) is 0 Å². The molecule has 8 nitrogen and oxygen atoms in total. The number of carbonyl (C=O) groups is 2. The molecule has 0 unspecified atom stereocenters. The van der Waals surface area contributed by atoms with Gasteiger partial charge in [0.15, 0.2) is 0 Å². The van der Waals surface area contributed by atoms with Crippen LogP contribution in [0.15, 0.2) is 10.6 Å². The van der Waals surface area contributed by atoms with Gasteiger partial charge in [0.1, 0.15) is 5.70 Å². The number of rotatable bonds is 6. The van der Waals surface area contributed by atoms with E-state index in [1.165, 1.54) is 4.90 Å². The maximum absolute atomic E-state index is 12.5. The van der Waals surface area contributed by atoms with Gasteiger partial charge in [0.25, 0.3) is 0 Å². The van der Waals surface area contributed by atoms with E-state index in [2.05, 4.69) is 10.2 Å². The van der Waals surface area contributed by atoms with Gasteiger partial charge in [0.2, 0.25) is 5.91 Å². The van der Waals surface area contributed by atoms with Crippen LogP contribution in [0.3, 0.4) is 0 Å². The van der Waals surface area contributed by atoms with Crippen LogP contribution >= 0.6 is 11.8 Å². The first-order valence-electron chi connectivity index (χ1n) is 10.6. The van der Waals surface area contributed by atoms with Gasteiger partial charge in [-0.2, -0.15) is 0 Å². The number of hydrogen-bond acceptors (Lipinski definition) is 7. The number of carbonyl (C=O) groups excluding carboxylic acids is 1. The van der Waals surface area contributed by atoms with Crippen molar-refractivity contribution in [1.29, 1.82) is 0 Å². The molecule has 0 radical (unpaired) electrons. The molecule has 6 atom stereocenters. The lowest BCUT2D eigenvalue weighted by Gasteiger charge is -2.46. The van der Waals surface area contributed by atoms with Gasteiger partial charge in [-0.1, -0.05) is 6.92 Å². The van der Waals surface area contributed by atoms with Crippen LogP contribution < -0.4 is 5.32 Å². The zero-order chi connectivity index (χ0) is 20.9. The van der Waals surface area contributed by atoms with Crippen LogP contribution in [0.4, 0.5) is 0 Å². The van der Waals surface area contributed by atoms with Gasteiger partial charge in [0.05, 0.1) is 24.7 Å². The molecule has 4 aliphatic rings. The van der Waals surface area contributed by atoms with Crippen LogP contribution in [0.1, 0.15) is 33.1 Å². The highest BCUT2D eigenvalue weighted by Crippen LogP contribution is 2.52. The molecule has 0 spiro atoms. The molecule has 1 amide bonds. The lowest BCUT2D eigenvalue weighted by molar-refractivity contribution is -0.163. The Morgan fingerprint density at radius 1 is 1.34 bits per heavy atom. The summed E-state index contributed by atoms with van der Waals surface area (Å²) in [7, 11) is 0. The Morgan fingerprint density at radius 3 is 2.62 bits per heavy atom. The molecule has 4 aliphatic heterocycles. The van der Waals surface area contributed by atoms with Crippen LogP contribution in [-0.4, -0.2) is 92.7 Å². The van der Waals surface area contributed by atoms with Gasteiger partial charge in [0, 0.05) is 34.7 Å². The number of thioether (sulfide) groups is 1. The molecule has 0 aromatic heterocycles. The zero-order valence-electron chi connectivity index (χ0n) is 17.0. The minimum Gasteiger partial charge on any atom is -0.477 e. The normalized spacial score (nSPS) is 37.0. The molecule has 4 rings (SSSR count). The van der Waals surface area contributed by atoms with E-state index in [-0.39, 0.29) is 41.5 Å². The number of aliphatic hydroxyl groups is 2. The number of nitrogens with zero attached hydrogens (tertiary/aromatic N) is 2. The Hall–Kier alpha value is -1.13. The van der Waals surface area contributed by atoms with Gasteiger partial charge in [-0.05, 0) is 39.3 Å². The SMILES string of the molecule is C[C@@H](O)[C@H]1C(=O)N2C(C(=O)O)=C(S[C@@H]3C[C@@H](CO)N(C4CCNCC4)C3)[C@H](C)[C@H]12. The molecule has 9 heteroatoms. The smallest absolute Gasteiger partial charge is 0.353 e. The summed E-state index contributed by atoms with van der Waals surface area (Å²) < 4.78 is 0. The zero-order valence-corrected chi connectivity index (χ0v) is 17.8. The summed E-state index contributed by atoms with van der Waals surface area (Å²) in [5.41, 5.74) is 0.0928. The predicted octanol–water partition coefficient (Wildman–Crippen LogP) is 0.0605. The van der Waals surface area contributed by atoms with Gasteiger partial charge in [-0.15, -0.1) is 11.8 Å². The van der Waals surface area contributed by atoms with Crippen molar-refractivity contribution in [2.75, 3.05) is 26.2 Å². The van der Waals surface area contributed by atoms with Crippen molar-refractivity contribution in [1.82, 2.24) is 15.1 Å². The summed E-state index contributed by atoms with van der Waals surface area (Å²) in [4.78, 5) is 29.0. The average molecular weight is 426 g/mol. The van der Waals surface area contributed by atoms with Gasteiger partial charge >= 0.3 is 5.97 Å². The van der Waals surface area contributed by atoms with Crippen molar-refractivity contribution < 1.29 is 24.9 Å². The third-order valence-electron chi connectivity index (χ3n) is 7.01. The standard InChI is InChI=1S/C20H31N3O5S/c1-10-16-15(11(2)25)19(26)23(16)17(20(27)28)18(10)29-14-7-13(9-24)22(8-14)12-3-5-21-6-4-12/h10-16,21,24-25H,3-9H2,1-2H3,(H,27,28)/t10-,11-,13+,14-,15-,16-/m1/s1. The van der Waals surface area contributed by atoms with E-state index in [0.29, 0.717) is 6.04 Å². The lowest BCUT2D eigenvalue weighted by atomic mass is 9.79. The van der Waals surface area contributed by atoms with Crippen molar-refractivity contribution in [2.24, 2.45) is 11.8 Å². The Kier molecular flexibility index (Phi) is 5.96. The fourth-order valence-electron chi connectivity index (χ4n) is 5.61. The monoisotopic (exact) mass is 425 g/mol. The number of piperidine rings is 1. The quantitative estimate of drug-likeness (QED) is 0.442. The number of carboxylic acids is 1. The molecular formula is C20H31N3O5S. The molecule has 0 bridgehead atoms. The molecule has 29 heavy (non-hydrogen) atoms. The molecule has 4 heterocycles. The number of likely N-dealkylation sites (tertiary alicyclic amines) is 1. The Morgan fingerprint density at radius 2 is 2.03 bits per heavy atom. The van der Waals surface area contributed by atoms with Crippen molar-refractivity contribution in [3.05, 3.63) is 10.6 Å². The molecule has 162 valence electrons. The molecule has 4 N–H and O–H groups in total. The van der Waals surface area contributed by atoms with Crippen LogP contribution in [0, 0.1) is 11.8 Å². The number of nitrogens with one attached hydrogen (secondary N) is 1. The summed E-state index contributed by atoms with van der Waals surface area (Å²) in [6, 6.07) is 0.283. The van der Waals surface area contributed by atoms with E-state index in [1.807, 2.05) is 6.92 Å². The molecule has 0 aromatic carbocycles. The number of amides is 1. The molecule has 0 aromatic rings. The van der Waals surface area contributed by atoms with Crippen LogP contribution in [0.25, 0.3) is 0 Å². The number of fused-ring (bicyclic) bond motifs is 1. The number of β-lactam (4-membered cyclic amide) rings is 1. The lowest BCUT2D eigenvalue weighted by Crippen LogP contribution is -2.63. The number of hydrogen-bond donors (Lipinski definition) is 4. The second-order valence-corrected chi connectivity index (χ2v) is 10.1. The first kappa shape index (κ1) is 21.1. The minimum absolute atomic E-state index is 0.0928. The maximum atomic E-state index is 12.5. The molecule has 0 aliphatic carbocycles. The molecular weight excluding hydrogens is 394 g/mol. The summed E-state index contributed by atoms with van der Waals surface area (Å²) in [6.07, 6.45) is 2.15. The highest BCUT2D eigenvalue weighted by Gasteiger charge is 2.60. The molecule has 3 fully saturated rings. The second kappa shape index (κ2) is 8.19. The number of carboxylic acid groups (broad SMARTS) is 1. The fourth-order valence-corrected chi connectivity index (χ4v) is 7.18. The van der Waals surface area contributed by atoms with Gasteiger partial charge in [-0.3, -0.25) is 9.69 Å². The third-order valence-corrected chi connectivity index (χ3v) is 8.51. The number of aliphatic carboxylic acids is 1. The van der Waals surface area contributed by atoms with Gasteiger partial charge < -0.3 is 25.5 Å². The van der Waals surface area contributed by atoms with Crippen molar-refractivity contribution >= 4 is 23.6 Å². The summed E-state index contributed by atoms with van der Waals surface area (Å²) in [5.74, 6) is -2.01. The summed E-state index contributed by atoms with van der Waals surface area (Å²) >= 11 is 1.56. The van der Waals surface area contributed by atoms with Crippen LogP contribution in [-0.2, 0) is 9.59 Å². The average Bonchev–Trinajstić information content (AvgIpc) is 3.20. The first-order valence-corrected chi connectivity index (χ1v) is 11.5. The second-order valence-electron chi connectivity index (χ2n) is 8.76. The van der Waals surface area contributed by atoms with Crippen LogP contribution in [0.2, 0.25) is 0 Å². The highest BCUT2D eigenvalue weighted by molar-refractivity contribution is 8.03. The highest BCUT2D eigenvalue weighted by atomic mass is 32.2. The van der Waals surface area contributed by atoms with E-state index in [1.54, 1.807) is 18.7 Å². The fraction of sp³-hybridized carbons (Fsp3) is 0.800. The Bertz CT molecular complexity index is 708. The maximum Gasteiger partial charge on any atom is 0.353 e. The number of aliphatic hydroxyl groups excluding tert-OH is 2. The topological polar surface area (TPSA) is 113 Å². The van der Waals surface area contributed by atoms with E-state index in [4.69, 9.17) is 0 Å². The third kappa shape index (κ3) is 3.50. The summed E-state index contributed by atoms with van der Waals surface area (Å²) in [6.45, 7) is 6.46. The van der Waals surface area contributed by atoms with E-state index in [9.17, 15) is 24.9 Å².